The second kappa shape index (κ2) is 5.69. The number of rotatable bonds is 2. The maximum atomic E-state index is 10.4. The topological polar surface area (TPSA) is 90.2 Å². The summed E-state index contributed by atoms with van der Waals surface area (Å²) in [5.41, 5.74) is 5.43. The average molecular weight is 354 g/mol. The molecule has 0 aromatic heterocycles. The fraction of sp³-hybridized carbons (Fsp3) is 0.667. The summed E-state index contributed by atoms with van der Waals surface area (Å²) in [4.78, 5) is 0. The Morgan fingerprint density at radius 2 is 1.88 bits per heavy atom. The molecule has 0 saturated heterocycles. The van der Waals surface area contributed by atoms with E-state index in [4.69, 9.17) is 17.8 Å². The molecular formula is C18H26O5S. The number of hydrogen-bond donors (Lipinski definition) is 4. The molecule has 2 unspecified atom stereocenters. The van der Waals surface area contributed by atoms with Crippen LogP contribution in [0.25, 0.3) is 0 Å². The van der Waals surface area contributed by atoms with E-state index < -0.39 is 11.2 Å². The lowest BCUT2D eigenvalue weighted by Crippen LogP contribution is -2.36. The molecule has 0 radical (unpaired) electrons. The molecule has 4 atom stereocenters. The number of aliphatic hydroxyl groups is 1. The van der Waals surface area contributed by atoms with Crippen LogP contribution >= 0.6 is 11.2 Å². The van der Waals surface area contributed by atoms with Crippen molar-refractivity contribution in [1.29, 1.82) is 0 Å². The fourth-order valence-corrected chi connectivity index (χ4v) is 5.79. The highest BCUT2D eigenvalue weighted by Crippen LogP contribution is 2.56. The molecule has 0 spiro atoms. The summed E-state index contributed by atoms with van der Waals surface area (Å²) in [6.07, 6.45) is 5.55. The lowest BCUT2D eigenvalue weighted by Gasteiger charge is -2.42. The van der Waals surface area contributed by atoms with Crippen molar-refractivity contribution >= 4 is 11.2 Å². The molecule has 0 bridgehead atoms. The van der Waals surface area contributed by atoms with E-state index in [0.29, 0.717) is 18.8 Å². The summed E-state index contributed by atoms with van der Waals surface area (Å²) in [6.45, 7) is 2.23. The van der Waals surface area contributed by atoms with Gasteiger partial charge in [-0.05, 0) is 66.7 Å². The van der Waals surface area contributed by atoms with Crippen LogP contribution in [0.1, 0.15) is 60.8 Å². The van der Waals surface area contributed by atoms with Crippen LogP contribution < -0.4 is 0 Å². The Kier molecular flexibility index (Phi) is 3.99. The van der Waals surface area contributed by atoms with E-state index in [2.05, 4.69) is 19.1 Å². The highest BCUT2D eigenvalue weighted by Gasteiger charge is 2.49. The Bertz CT molecular complexity index is 656. The molecule has 1 saturated carbocycles. The van der Waals surface area contributed by atoms with Gasteiger partial charge in [-0.2, -0.15) is 0 Å². The predicted molar refractivity (Wildman–Crippen MR) is 93.2 cm³/mol. The maximum absolute atomic E-state index is 10.4. The van der Waals surface area contributed by atoms with Crippen molar-refractivity contribution < 1.29 is 22.9 Å². The summed E-state index contributed by atoms with van der Waals surface area (Å²) in [6, 6.07) is 4.33. The largest absolute Gasteiger partial charge is 0.393 e. The Morgan fingerprint density at radius 3 is 2.62 bits per heavy atom. The molecule has 3 aliphatic rings. The summed E-state index contributed by atoms with van der Waals surface area (Å²) in [7, 11) is 0. The minimum absolute atomic E-state index is 0.00910. The predicted octanol–water partition coefficient (Wildman–Crippen LogP) is 3.89. The zero-order valence-electron chi connectivity index (χ0n) is 13.9. The van der Waals surface area contributed by atoms with Crippen LogP contribution in [-0.4, -0.2) is 31.0 Å². The molecule has 0 aliphatic heterocycles. The molecule has 5 nitrogen and oxygen atoms in total. The van der Waals surface area contributed by atoms with Crippen LogP contribution in [-0.2, 0) is 23.4 Å². The fourth-order valence-electron chi connectivity index (χ4n) is 5.26. The van der Waals surface area contributed by atoms with E-state index in [0.717, 1.165) is 32.1 Å². The van der Waals surface area contributed by atoms with Gasteiger partial charge in [0.25, 0.3) is 0 Å². The van der Waals surface area contributed by atoms with Crippen molar-refractivity contribution in [3.05, 3.63) is 34.4 Å². The van der Waals surface area contributed by atoms with E-state index >= 15 is 0 Å². The summed E-state index contributed by atoms with van der Waals surface area (Å²) in [5, 5.41) is 10.4. The van der Waals surface area contributed by atoms with Crippen LogP contribution in [0.5, 0.6) is 0 Å². The van der Waals surface area contributed by atoms with Crippen molar-refractivity contribution in [3.8, 4) is 0 Å². The summed E-state index contributed by atoms with van der Waals surface area (Å²) < 4.78 is 32.3. The van der Waals surface area contributed by atoms with Gasteiger partial charge in [0.2, 0.25) is 11.2 Å². The normalized spacial score (nSPS) is 36.0. The van der Waals surface area contributed by atoms with Crippen LogP contribution in [0.2, 0.25) is 0 Å². The molecule has 4 rings (SSSR count). The van der Waals surface area contributed by atoms with Gasteiger partial charge in [0.05, 0.1) is 12.2 Å². The maximum Gasteiger partial charge on any atom is 0.216 e. The van der Waals surface area contributed by atoms with E-state index in [1.165, 1.54) is 22.3 Å². The molecule has 0 heterocycles. The van der Waals surface area contributed by atoms with E-state index in [1.807, 2.05) is 0 Å². The summed E-state index contributed by atoms with van der Waals surface area (Å²) in [5.74, 6) is 0.444. The van der Waals surface area contributed by atoms with Crippen LogP contribution in [0.15, 0.2) is 12.1 Å². The second-order valence-corrected chi connectivity index (χ2v) is 8.98. The zero-order chi connectivity index (χ0) is 17.1. The molecule has 1 aromatic carbocycles. The number of benzene rings is 1. The molecule has 134 valence electrons. The van der Waals surface area contributed by atoms with E-state index in [9.17, 15) is 5.11 Å². The molecular weight excluding hydrogens is 328 g/mol. The third-order valence-electron chi connectivity index (χ3n) is 6.57. The van der Waals surface area contributed by atoms with Gasteiger partial charge in [0.15, 0.2) is 0 Å². The van der Waals surface area contributed by atoms with Gasteiger partial charge in [-0.1, -0.05) is 19.1 Å². The molecule has 1 aromatic rings. The van der Waals surface area contributed by atoms with Gasteiger partial charge in [-0.15, -0.1) is 0 Å². The van der Waals surface area contributed by atoms with E-state index in [1.54, 1.807) is 0 Å². The number of aliphatic hydroxyl groups excluding tert-OH is 1. The van der Waals surface area contributed by atoms with E-state index in [-0.39, 0.29) is 17.6 Å². The van der Waals surface area contributed by atoms with Crippen molar-refractivity contribution in [2.75, 3.05) is 0 Å². The van der Waals surface area contributed by atoms with Crippen LogP contribution in [0.4, 0.5) is 0 Å². The average Bonchev–Trinajstić information content (AvgIpc) is 2.81. The van der Waals surface area contributed by atoms with Gasteiger partial charge in [0.1, 0.15) is 0 Å². The molecule has 1 fully saturated rings. The first-order valence-electron chi connectivity index (χ1n) is 8.78. The van der Waals surface area contributed by atoms with Gasteiger partial charge < -0.3 is 5.11 Å². The molecule has 24 heavy (non-hydrogen) atoms. The second-order valence-electron chi connectivity index (χ2n) is 7.85. The SMILES string of the molecule is CC12CCc3c(ccc4c3CC[C@H](OS(O)(O)O)C4)C1CC[C@@H]2O. The standard InChI is InChI=1S/C18H26O5S/c1-18-9-8-14-13-5-3-12(23-24(20,21)22)10-11(13)2-4-15(14)16(18)6-7-17(18)19/h2,4,12,16-17,19-22H,3,5-10H2,1H3/t12-,16?,17-,18?/m0/s1. The number of hydrogen-bond acceptors (Lipinski definition) is 5. The van der Waals surface area contributed by atoms with Crippen molar-refractivity contribution in [1.82, 2.24) is 0 Å². The molecule has 6 heteroatoms. The first-order chi connectivity index (χ1) is 11.3. The van der Waals surface area contributed by atoms with Crippen molar-refractivity contribution in [2.24, 2.45) is 5.41 Å². The van der Waals surface area contributed by atoms with Gasteiger partial charge >= 0.3 is 0 Å². The Morgan fingerprint density at radius 1 is 1.08 bits per heavy atom. The molecule has 4 N–H and O–H groups in total. The minimum atomic E-state index is -3.90. The quantitative estimate of drug-likeness (QED) is 0.647. The van der Waals surface area contributed by atoms with Crippen LogP contribution in [0, 0.1) is 5.41 Å². The highest BCUT2D eigenvalue weighted by atomic mass is 32.3. The van der Waals surface area contributed by atoms with Gasteiger partial charge in [0, 0.05) is 11.8 Å². The number of fused-ring (bicyclic) bond motifs is 5. The Hall–Kier alpha value is -0.630. The monoisotopic (exact) mass is 354 g/mol. The lowest BCUT2D eigenvalue weighted by molar-refractivity contribution is 0.0455. The van der Waals surface area contributed by atoms with Crippen molar-refractivity contribution in [2.45, 2.75) is 70.0 Å². The van der Waals surface area contributed by atoms with Gasteiger partial charge in [-0.3, -0.25) is 17.8 Å². The minimum Gasteiger partial charge on any atom is -0.393 e. The first-order valence-corrected chi connectivity index (χ1v) is 10.2. The molecule has 3 aliphatic carbocycles. The third kappa shape index (κ3) is 2.69. The zero-order valence-corrected chi connectivity index (χ0v) is 14.8. The smallest absolute Gasteiger partial charge is 0.216 e. The first kappa shape index (κ1) is 16.8. The van der Waals surface area contributed by atoms with Crippen molar-refractivity contribution in [3.63, 3.8) is 0 Å². The van der Waals surface area contributed by atoms with Gasteiger partial charge in [-0.25, -0.2) is 0 Å². The molecule has 0 amide bonds. The Balaban J connectivity index is 1.64. The highest BCUT2D eigenvalue weighted by molar-refractivity contribution is 8.15. The van der Waals surface area contributed by atoms with Crippen LogP contribution in [0.3, 0.4) is 0 Å². The summed E-state index contributed by atoms with van der Waals surface area (Å²) >= 11 is -3.90. The Labute approximate surface area is 144 Å². The third-order valence-corrected chi connectivity index (χ3v) is 7.10. The lowest BCUT2D eigenvalue weighted by atomic mass is 9.64.